The number of methoxy groups -OCH3 is 1. The second-order valence-electron chi connectivity index (χ2n) is 18.6. The Kier molecular flexibility index (Phi) is 11.2. The molecule has 5 aromatic carbocycles. The molecule has 0 bridgehead atoms. The molecule has 13 heteroatoms. The standard InChI is InChI=1S/C52H57N7O5Si/c1-36-48(65(3,4)42-23-21-41(63-2)22-24-42)47(26-31-56-33-45(54-55-56)43(34-60)37-14-8-5-9-15-37)64-52(36)44-32-40(20-25-46(44)59(50(52)62)39-18-12-7-13-19-39)57-35-58(38-16-10-6-11-17-38)51(49(57)61)27-29-53-30-28-51/h5-25,32-33,36,43,47-48,53,60H,26-31,34-35H2,1-4H3/t36-,43?,47+,48-,52+/m0/s1. The van der Waals surface area contributed by atoms with Crippen molar-refractivity contribution in [3.63, 3.8) is 0 Å². The first-order chi connectivity index (χ1) is 31.6. The maximum atomic E-state index is 15.8. The maximum absolute atomic E-state index is 15.8. The van der Waals surface area contributed by atoms with Crippen LogP contribution < -0.4 is 29.9 Å². The van der Waals surface area contributed by atoms with Crippen molar-refractivity contribution in [1.29, 1.82) is 0 Å². The summed E-state index contributed by atoms with van der Waals surface area (Å²) in [7, 11) is -0.805. The van der Waals surface area contributed by atoms with Gasteiger partial charge in [-0.2, -0.15) is 0 Å². The summed E-state index contributed by atoms with van der Waals surface area (Å²) in [5.41, 5.74) is 3.68. The quantitative estimate of drug-likeness (QED) is 0.122. The monoisotopic (exact) mass is 887 g/mol. The van der Waals surface area contributed by atoms with Gasteiger partial charge in [0.25, 0.3) is 11.8 Å². The van der Waals surface area contributed by atoms with Crippen molar-refractivity contribution >= 4 is 47.8 Å². The zero-order valence-corrected chi connectivity index (χ0v) is 38.5. The molecule has 4 aliphatic heterocycles. The number of fused-ring (bicyclic) bond motifs is 2. The van der Waals surface area contributed by atoms with E-state index in [1.54, 1.807) is 7.11 Å². The normalized spacial score (nSPS) is 23.2. The molecule has 0 saturated carbocycles. The van der Waals surface area contributed by atoms with Gasteiger partial charge in [-0.25, -0.2) is 0 Å². The Bertz CT molecular complexity index is 2660. The molecule has 0 aliphatic carbocycles. The zero-order valence-electron chi connectivity index (χ0n) is 37.5. The molecular formula is C52H57N7O5Si. The molecular weight excluding hydrogens is 831 g/mol. The van der Waals surface area contributed by atoms with Crippen molar-refractivity contribution < 1.29 is 24.2 Å². The Labute approximate surface area is 381 Å². The van der Waals surface area contributed by atoms with Crippen molar-refractivity contribution in [2.75, 3.05) is 48.2 Å². The van der Waals surface area contributed by atoms with Crippen molar-refractivity contribution in [2.24, 2.45) is 5.92 Å². The average Bonchev–Trinajstić information content (AvgIpc) is 4.08. The number of nitrogens with zero attached hydrogens (tertiary/aromatic N) is 6. The van der Waals surface area contributed by atoms with Crippen molar-refractivity contribution in [2.45, 2.75) is 74.5 Å². The fourth-order valence-corrected chi connectivity index (χ4v) is 15.6. The first-order valence-corrected chi connectivity index (χ1v) is 26.0. The third-order valence-corrected chi connectivity index (χ3v) is 19.3. The number of benzene rings is 5. The van der Waals surface area contributed by atoms with Gasteiger partial charge in [0.15, 0.2) is 5.60 Å². The lowest BCUT2D eigenvalue weighted by Gasteiger charge is -2.39. The molecule has 4 aliphatic rings. The molecule has 6 aromatic rings. The SMILES string of the molecule is COc1ccc([Si](C)(C)[C@@H]2[C@@H](CCn3cc(C(CO)c4ccccc4)nn3)O[C@]3(C(=O)N(c4ccccc4)c4ccc(N5CN(c6ccccc6)C6(CCNCC6)C5=O)cc43)[C@H]2C)cc1. The van der Waals surface area contributed by atoms with Gasteiger partial charge in [0.1, 0.15) is 11.3 Å². The van der Waals surface area contributed by atoms with Crippen LogP contribution in [0.15, 0.2) is 140 Å². The summed E-state index contributed by atoms with van der Waals surface area (Å²) in [6, 6.07) is 44.4. The highest BCUT2D eigenvalue weighted by Gasteiger charge is 2.67. The van der Waals surface area contributed by atoms with Crippen LogP contribution in [0.4, 0.5) is 22.7 Å². The maximum Gasteiger partial charge on any atom is 0.268 e. The predicted molar refractivity (Wildman–Crippen MR) is 256 cm³/mol. The van der Waals surface area contributed by atoms with Gasteiger partial charge in [-0.3, -0.25) is 24.1 Å². The highest BCUT2D eigenvalue weighted by atomic mass is 28.3. The van der Waals surface area contributed by atoms with Crippen molar-refractivity contribution in [3.8, 4) is 5.75 Å². The van der Waals surface area contributed by atoms with Gasteiger partial charge in [0.05, 0.1) is 51.9 Å². The van der Waals surface area contributed by atoms with Crippen molar-refractivity contribution in [3.05, 3.63) is 156 Å². The molecule has 5 atom stereocenters. The highest BCUT2D eigenvalue weighted by molar-refractivity contribution is 6.91. The number of anilines is 4. The number of aryl methyl sites for hydroxylation is 1. The molecule has 2 N–H and O–H groups in total. The fraction of sp³-hybridized carbons (Fsp3) is 0.346. The van der Waals surface area contributed by atoms with Crippen LogP contribution in [0.1, 0.15) is 48.9 Å². The number of aromatic nitrogens is 3. The van der Waals surface area contributed by atoms with E-state index in [0.29, 0.717) is 38.2 Å². The topological polar surface area (TPSA) is 125 Å². The number of rotatable bonds is 12. The van der Waals surface area contributed by atoms with E-state index in [2.05, 4.69) is 70.9 Å². The molecule has 5 heterocycles. The third-order valence-electron chi connectivity index (χ3n) is 14.9. The number of ether oxygens (including phenoxy) is 2. The Morgan fingerprint density at radius 2 is 1.51 bits per heavy atom. The molecule has 1 unspecified atom stereocenters. The number of amides is 2. The molecule has 334 valence electrons. The van der Waals surface area contributed by atoms with Gasteiger partial charge in [-0.05, 0) is 98.1 Å². The van der Waals surface area contributed by atoms with Crippen LogP contribution in [0.2, 0.25) is 18.6 Å². The molecule has 2 spiro atoms. The Balaban J connectivity index is 1.07. The highest BCUT2D eigenvalue weighted by Crippen LogP contribution is 2.61. The summed E-state index contributed by atoms with van der Waals surface area (Å²) in [4.78, 5) is 36.8. The molecule has 2 amide bonds. The second kappa shape index (κ2) is 17.0. The van der Waals surface area contributed by atoms with Crippen LogP contribution >= 0.6 is 0 Å². The van der Waals surface area contributed by atoms with E-state index in [0.717, 1.165) is 52.7 Å². The van der Waals surface area contributed by atoms with Crippen molar-refractivity contribution in [1.82, 2.24) is 20.3 Å². The van der Waals surface area contributed by atoms with Gasteiger partial charge in [-0.15, -0.1) is 5.10 Å². The number of aliphatic hydroxyl groups is 1. The lowest BCUT2D eigenvalue weighted by molar-refractivity contribution is -0.145. The van der Waals surface area contributed by atoms with Gasteiger partial charge in [-0.1, -0.05) is 109 Å². The minimum atomic E-state index is -2.48. The first kappa shape index (κ1) is 42.8. The average molecular weight is 888 g/mol. The van der Waals surface area contributed by atoms with Crippen LogP contribution in [-0.4, -0.2) is 85.1 Å². The van der Waals surface area contributed by atoms with Crippen LogP contribution in [0, 0.1) is 5.92 Å². The zero-order chi connectivity index (χ0) is 44.9. The fourth-order valence-electron chi connectivity index (χ4n) is 11.6. The Hall–Kier alpha value is -6.12. The Morgan fingerprint density at radius 1 is 0.846 bits per heavy atom. The molecule has 0 radical (unpaired) electrons. The number of carbonyl (C=O) groups excluding carboxylic acids is 2. The smallest absolute Gasteiger partial charge is 0.268 e. The van der Waals surface area contributed by atoms with E-state index in [1.165, 1.54) is 5.19 Å². The number of nitrogens with one attached hydrogen (secondary N) is 1. The minimum Gasteiger partial charge on any atom is -0.497 e. The second-order valence-corrected chi connectivity index (χ2v) is 23.3. The molecule has 3 saturated heterocycles. The number of aliphatic hydroxyl groups excluding tert-OH is 1. The lowest BCUT2D eigenvalue weighted by atomic mass is 9.82. The summed E-state index contributed by atoms with van der Waals surface area (Å²) in [5.74, 6) is 0.178. The summed E-state index contributed by atoms with van der Waals surface area (Å²) >= 11 is 0. The molecule has 1 aromatic heterocycles. The summed E-state index contributed by atoms with van der Waals surface area (Å²) in [6.45, 7) is 9.28. The van der Waals surface area contributed by atoms with Crippen LogP contribution in [0.5, 0.6) is 5.75 Å². The van der Waals surface area contributed by atoms with Gasteiger partial charge in [0.2, 0.25) is 0 Å². The van der Waals surface area contributed by atoms with E-state index < -0.39 is 19.2 Å². The summed E-state index contributed by atoms with van der Waals surface area (Å²) < 4.78 is 15.0. The molecule has 10 rings (SSSR count). The van der Waals surface area contributed by atoms with E-state index >= 15 is 9.59 Å². The summed E-state index contributed by atoms with van der Waals surface area (Å²) in [6.07, 6.45) is 3.54. The number of carbonyl (C=O) groups is 2. The number of piperidine rings is 1. The van der Waals surface area contributed by atoms with E-state index in [9.17, 15) is 5.11 Å². The van der Waals surface area contributed by atoms with Crippen LogP contribution in [0.3, 0.4) is 0 Å². The van der Waals surface area contributed by atoms with Gasteiger partial charge < -0.3 is 24.8 Å². The molecule has 12 nitrogen and oxygen atoms in total. The minimum absolute atomic E-state index is 0.0235. The van der Waals surface area contributed by atoms with E-state index in [1.807, 2.05) is 124 Å². The Morgan fingerprint density at radius 3 is 2.17 bits per heavy atom. The van der Waals surface area contributed by atoms with Gasteiger partial charge in [0, 0.05) is 41.3 Å². The lowest BCUT2D eigenvalue weighted by Crippen LogP contribution is -2.55. The van der Waals surface area contributed by atoms with Crippen LogP contribution in [-0.2, 0) is 26.5 Å². The van der Waals surface area contributed by atoms with E-state index in [4.69, 9.17) is 9.47 Å². The van der Waals surface area contributed by atoms with Gasteiger partial charge >= 0.3 is 0 Å². The van der Waals surface area contributed by atoms with E-state index in [-0.39, 0.29) is 41.9 Å². The number of hydrogen-bond acceptors (Lipinski definition) is 9. The number of para-hydroxylation sites is 2. The largest absolute Gasteiger partial charge is 0.497 e. The summed E-state index contributed by atoms with van der Waals surface area (Å²) in [5, 5.41) is 24.2. The molecule has 65 heavy (non-hydrogen) atoms. The molecule has 3 fully saturated rings. The third kappa shape index (κ3) is 7.07. The number of hydrogen-bond donors (Lipinski definition) is 2. The van der Waals surface area contributed by atoms with Crippen LogP contribution in [0.25, 0.3) is 0 Å². The first-order valence-electron chi connectivity index (χ1n) is 22.9. The predicted octanol–water partition coefficient (Wildman–Crippen LogP) is 7.33.